The SMILES string of the molecule is COc1c(O)c(OC)c2c(c1SC)COC2=O. The molecule has 17 heavy (non-hydrogen) atoms. The van der Waals surface area contributed by atoms with Crippen molar-refractivity contribution in [3.8, 4) is 17.2 Å². The molecule has 1 N–H and O–H groups in total. The highest BCUT2D eigenvalue weighted by molar-refractivity contribution is 7.98. The zero-order valence-electron chi connectivity index (χ0n) is 9.70. The van der Waals surface area contributed by atoms with Crippen LogP contribution < -0.4 is 9.47 Å². The second-order valence-electron chi connectivity index (χ2n) is 3.38. The van der Waals surface area contributed by atoms with Crippen LogP contribution in [0.25, 0.3) is 0 Å². The molecule has 5 nitrogen and oxygen atoms in total. The molecule has 1 aliphatic rings. The van der Waals surface area contributed by atoms with Gasteiger partial charge in [0.15, 0.2) is 11.5 Å². The number of phenolic OH excluding ortho intramolecular Hbond substituents is 1. The Kier molecular flexibility index (Phi) is 3.06. The van der Waals surface area contributed by atoms with Gasteiger partial charge in [0.05, 0.1) is 19.1 Å². The molecule has 1 aromatic carbocycles. The molecule has 92 valence electrons. The van der Waals surface area contributed by atoms with Gasteiger partial charge in [-0.2, -0.15) is 0 Å². The second-order valence-corrected chi connectivity index (χ2v) is 4.19. The van der Waals surface area contributed by atoms with Gasteiger partial charge in [-0.3, -0.25) is 0 Å². The Hall–Kier alpha value is -1.56. The standard InChI is InChI=1S/C11H12O5S/c1-14-8-6-5(4-16-11(6)13)10(17-3)9(15-2)7(8)12/h12H,4H2,1-3H3. The third-order valence-electron chi connectivity index (χ3n) is 2.60. The normalized spacial score (nSPS) is 13.2. The number of benzene rings is 1. The molecule has 0 spiro atoms. The Labute approximate surface area is 103 Å². The van der Waals surface area contributed by atoms with E-state index in [1.807, 2.05) is 6.26 Å². The van der Waals surface area contributed by atoms with Crippen LogP contribution in [0.2, 0.25) is 0 Å². The summed E-state index contributed by atoms with van der Waals surface area (Å²) in [7, 11) is 2.84. The van der Waals surface area contributed by atoms with Crippen molar-refractivity contribution in [2.24, 2.45) is 0 Å². The van der Waals surface area contributed by atoms with E-state index in [9.17, 15) is 9.90 Å². The number of carbonyl (C=O) groups excluding carboxylic acids is 1. The minimum atomic E-state index is -0.481. The fourth-order valence-corrected chi connectivity index (χ4v) is 2.66. The van der Waals surface area contributed by atoms with Crippen molar-refractivity contribution in [3.63, 3.8) is 0 Å². The van der Waals surface area contributed by atoms with E-state index in [4.69, 9.17) is 14.2 Å². The summed E-state index contributed by atoms with van der Waals surface area (Å²) in [5, 5.41) is 10.0. The lowest BCUT2D eigenvalue weighted by Gasteiger charge is -2.15. The Morgan fingerprint density at radius 2 is 1.94 bits per heavy atom. The molecule has 0 atom stereocenters. The average Bonchev–Trinajstić information content (AvgIpc) is 2.70. The zero-order chi connectivity index (χ0) is 12.6. The molecule has 1 aromatic rings. The van der Waals surface area contributed by atoms with Gasteiger partial charge in [-0.1, -0.05) is 0 Å². The van der Waals surface area contributed by atoms with Crippen LogP contribution in [0.5, 0.6) is 17.2 Å². The van der Waals surface area contributed by atoms with Gasteiger partial charge in [0, 0.05) is 5.56 Å². The fourth-order valence-electron chi connectivity index (χ4n) is 1.88. The summed E-state index contributed by atoms with van der Waals surface area (Å²) in [5.41, 5.74) is 0.990. The van der Waals surface area contributed by atoms with Gasteiger partial charge in [-0.05, 0) is 6.26 Å². The summed E-state index contributed by atoms with van der Waals surface area (Å²) in [6.45, 7) is 0.178. The molecule has 0 saturated heterocycles. The van der Waals surface area contributed by atoms with Crippen molar-refractivity contribution in [2.75, 3.05) is 20.5 Å². The third kappa shape index (κ3) is 1.59. The first-order valence-electron chi connectivity index (χ1n) is 4.86. The van der Waals surface area contributed by atoms with Crippen LogP contribution in [0.4, 0.5) is 0 Å². The van der Waals surface area contributed by atoms with Crippen molar-refractivity contribution in [2.45, 2.75) is 11.5 Å². The van der Waals surface area contributed by atoms with E-state index in [0.717, 1.165) is 0 Å². The number of hydrogen-bond acceptors (Lipinski definition) is 6. The highest BCUT2D eigenvalue weighted by Gasteiger charge is 2.34. The highest BCUT2D eigenvalue weighted by atomic mass is 32.2. The Morgan fingerprint density at radius 1 is 1.29 bits per heavy atom. The van der Waals surface area contributed by atoms with E-state index in [-0.39, 0.29) is 23.7 Å². The van der Waals surface area contributed by atoms with Crippen molar-refractivity contribution in [1.82, 2.24) is 0 Å². The number of hydrogen-bond donors (Lipinski definition) is 1. The predicted molar refractivity (Wildman–Crippen MR) is 62.1 cm³/mol. The van der Waals surface area contributed by atoms with Gasteiger partial charge in [-0.25, -0.2) is 4.79 Å². The van der Waals surface area contributed by atoms with E-state index in [0.29, 0.717) is 16.2 Å². The monoisotopic (exact) mass is 256 g/mol. The number of fused-ring (bicyclic) bond motifs is 1. The van der Waals surface area contributed by atoms with E-state index in [1.54, 1.807) is 0 Å². The van der Waals surface area contributed by atoms with Gasteiger partial charge < -0.3 is 19.3 Å². The molecule has 0 amide bonds. The number of methoxy groups -OCH3 is 2. The molecule has 0 unspecified atom stereocenters. The van der Waals surface area contributed by atoms with Gasteiger partial charge >= 0.3 is 5.97 Å². The Bertz CT molecular complexity index is 483. The first-order valence-corrected chi connectivity index (χ1v) is 6.09. The van der Waals surface area contributed by atoms with Gasteiger partial charge in [0.2, 0.25) is 5.75 Å². The van der Waals surface area contributed by atoms with Crippen LogP contribution in [0.15, 0.2) is 4.90 Å². The molecular formula is C11H12O5S. The lowest BCUT2D eigenvalue weighted by Crippen LogP contribution is -2.01. The Morgan fingerprint density at radius 3 is 2.47 bits per heavy atom. The van der Waals surface area contributed by atoms with Crippen molar-refractivity contribution < 1.29 is 24.1 Å². The number of thioether (sulfide) groups is 1. The maximum absolute atomic E-state index is 11.6. The second kappa shape index (κ2) is 4.37. The summed E-state index contributed by atoms with van der Waals surface area (Å²) >= 11 is 1.39. The number of esters is 1. The van der Waals surface area contributed by atoms with Crippen molar-refractivity contribution in [1.29, 1.82) is 0 Å². The van der Waals surface area contributed by atoms with Crippen LogP contribution in [0.1, 0.15) is 15.9 Å². The lowest BCUT2D eigenvalue weighted by molar-refractivity contribution is 0.0531. The predicted octanol–water partition coefficient (Wildman–Crippen LogP) is 1.80. The molecule has 6 heteroatoms. The molecule has 1 aliphatic heterocycles. The van der Waals surface area contributed by atoms with Gasteiger partial charge in [0.1, 0.15) is 12.2 Å². The minimum Gasteiger partial charge on any atom is -0.502 e. The van der Waals surface area contributed by atoms with Crippen LogP contribution in [0.3, 0.4) is 0 Å². The minimum absolute atomic E-state index is 0.108. The number of carbonyl (C=O) groups is 1. The first kappa shape index (κ1) is 11.9. The zero-order valence-corrected chi connectivity index (χ0v) is 10.5. The van der Waals surface area contributed by atoms with Gasteiger partial charge in [0.25, 0.3) is 0 Å². The third-order valence-corrected chi connectivity index (χ3v) is 3.44. The molecule has 0 fully saturated rings. The summed E-state index contributed by atoms with van der Waals surface area (Å²) in [6, 6.07) is 0. The molecule has 0 saturated carbocycles. The summed E-state index contributed by atoms with van der Waals surface area (Å²) in [4.78, 5) is 12.3. The van der Waals surface area contributed by atoms with Crippen LogP contribution in [-0.4, -0.2) is 31.6 Å². The smallest absolute Gasteiger partial charge is 0.342 e. The lowest BCUT2D eigenvalue weighted by atomic mass is 10.1. The topological polar surface area (TPSA) is 65.0 Å². The molecular weight excluding hydrogens is 244 g/mol. The molecule has 0 bridgehead atoms. The fraction of sp³-hybridized carbons (Fsp3) is 0.364. The van der Waals surface area contributed by atoms with E-state index >= 15 is 0 Å². The first-order chi connectivity index (χ1) is 8.15. The largest absolute Gasteiger partial charge is 0.502 e. The molecule has 0 aliphatic carbocycles. The van der Waals surface area contributed by atoms with Crippen LogP contribution in [0, 0.1) is 0 Å². The van der Waals surface area contributed by atoms with Crippen LogP contribution in [-0.2, 0) is 11.3 Å². The maximum atomic E-state index is 11.6. The number of rotatable bonds is 3. The molecule has 2 rings (SSSR count). The summed E-state index contributed by atoms with van der Waals surface area (Å²) in [5.74, 6) is -0.231. The van der Waals surface area contributed by atoms with Crippen molar-refractivity contribution in [3.05, 3.63) is 11.1 Å². The van der Waals surface area contributed by atoms with E-state index in [1.165, 1.54) is 26.0 Å². The highest BCUT2D eigenvalue weighted by Crippen LogP contribution is 2.50. The number of ether oxygens (including phenoxy) is 3. The molecule has 1 heterocycles. The number of aromatic hydroxyl groups is 1. The van der Waals surface area contributed by atoms with Crippen molar-refractivity contribution >= 4 is 17.7 Å². The Balaban J connectivity index is 2.80. The van der Waals surface area contributed by atoms with E-state index < -0.39 is 5.97 Å². The number of cyclic esters (lactones) is 1. The van der Waals surface area contributed by atoms with Crippen LogP contribution >= 0.6 is 11.8 Å². The summed E-state index contributed by atoms with van der Waals surface area (Å²) < 4.78 is 15.2. The molecule has 0 radical (unpaired) electrons. The van der Waals surface area contributed by atoms with E-state index in [2.05, 4.69) is 0 Å². The maximum Gasteiger partial charge on any atom is 0.342 e. The quantitative estimate of drug-likeness (QED) is 0.657. The van der Waals surface area contributed by atoms with Gasteiger partial charge in [-0.15, -0.1) is 11.8 Å². The molecule has 0 aromatic heterocycles. The average molecular weight is 256 g/mol. The number of phenols is 1. The summed E-state index contributed by atoms with van der Waals surface area (Å²) in [6.07, 6.45) is 1.84.